The number of thioether (sulfide) groups is 1. The first kappa shape index (κ1) is 15.9. The van der Waals surface area contributed by atoms with Crippen LogP contribution in [-0.2, 0) is 15.3 Å². The van der Waals surface area contributed by atoms with Crippen LogP contribution in [0.4, 0.5) is 5.69 Å². The van der Waals surface area contributed by atoms with E-state index in [4.69, 9.17) is 5.11 Å². The molecule has 0 aromatic heterocycles. The second kappa shape index (κ2) is 8.05. The average Bonchev–Trinajstić information content (AvgIpc) is 2.53. The van der Waals surface area contributed by atoms with Crippen molar-refractivity contribution in [1.82, 2.24) is 0 Å². The molecule has 0 aliphatic carbocycles. The second-order valence-corrected chi connectivity index (χ2v) is 5.51. The van der Waals surface area contributed by atoms with Gasteiger partial charge in [0.1, 0.15) is 0 Å². The molecule has 4 nitrogen and oxygen atoms in total. The zero-order chi connectivity index (χ0) is 15.8. The summed E-state index contributed by atoms with van der Waals surface area (Å²) < 4.78 is 0. The van der Waals surface area contributed by atoms with Gasteiger partial charge in [-0.25, -0.2) is 4.79 Å². The maximum absolute atomic E-state index is 11.4. The molecular formula is C17H15NO3S. The van der Waals surface area contributed by atoms with Crippen molar-refractivity contribution in [3.05, 3.63) is 72.3 Å². The maximum atomic E-state index is 11.4. The van der Waals surface area contributed by atoms with Gasteiger partial charge in [-0.15, -0.1) is 11.8 Å². The van der Waals surface area contributed by atoms with E-state index in [0.29, 0.717) is 5.69 Å². The first-order valence-corrected chi connectivity index (χ1v) is 7.61. The van der Waals surface area contributed by atoms with E-state index in [0.717, 1.165) is 22.8 Å². The molecule has 1 amide bonds. The quantitative estimate of drug-likeness (QED) is 0.632. The minimum Gasteiger partial charge on any atom is -0.478 e. The zero-order valence-electron chi connectivity index (χ0n) is 11.7. The second-order valence-electron chi connectivity index (χ2n) is 4.46. The summed E-state index contributed by atoms with van der Waals surface area (Å²) in [6.45, 7) is 0. The molecule has 2 aromatic rings. The number of carbonyl (C=O) groups excluding carboxylic acids is 1. The minimum atomic E-state index is -1.15. The molecule has 0 saturated carbocycles. The van der Waals surface area contributed by atoms with E-state index in [1.807, 2.05) is 30.3 Å². The Hall–Kier alpha value is -2.53. The smallest absolute Gasteiger partial charge is 0.328 e. The molecule has 2 rings (SSSR count). The Kier molecular flexibility index (Phi) is 5.80. The third kappa shape index (κ3) is 5.46. The number of amides is 1. The summed E-state index contributed by atoms with van der Waals surface area (Å²) in [6.07, 6.45) is 1.79. The number of hydrogen-bond acceptors (Lipinski definition) is 3. The molecule has 2 N–H and O–H groups in total. The number of benzene rings is 2. The van der Waals surface area contributed by atoms with Crippen molar-refractivity contribution in [2.45, 2.75) is 10.6 Å². The highest BCUT2D eigenvalue weighted by Gasteiger charge is 2.00. The normalized spacial score (nSPS) is 10.5. The van der Waals surface area contributed by atoms with E-state index in [1.165, 1.54) is 5.56 Å². The number of carboxylic acids is 1. The van der Waals surface area contributed by atoms with Crippen molar-refractivity contribution in [2.24, 2.45) is 0 Å². The van der Waals surface area contributed by atoms with Crippen LogP contribution in [0.25, 0.3) is 0 Å². The Bertz CT molecular complexity index is 666. The van der Waals surface area contributed by atoms with Gasteiger partial charge in [-0.2, -0.15) is 0 Å². The van der Waals surface area contributed by atoms with Gasteiger partial charge < -0.3 is 10.4 Å². The van der Waals surface area contributed by atoms with E-state index in [1.54, 1.807) is 23.9 Å². The van der Waals surface area contributed by atoms with Gasteiger partial charge in [0, 0.05) is 28.5 Å². The van der Waals surface area contributed by atoms with E-state index in [-0.39, 0.29) is 0 Å². The van der Waals surface area contributed by atoms with E-state index >= 15 is 0 Å². The van der Waals surface area contributed by atoms with Gasteiger partial charge in [0.05, 0.1) is 0 Å². The molecule has 0 saturated heterocycles. The highest BCUT2D eigenvalue weighted by atomic mass is 32.2. The average molecular weight is 313 g/mol. The monoisotopic (exact) mass is 313 g/mol. The molecule has 0 fully saturated rings. The summed E-state index contributed by atoms with van der Waals surface area (Å²) in [4.78, 5) is 22.9. The third-order valence-electron chi connectivity index (χ3n) is 2.75. The van der Waals surface area contributed by atoms with Crippen molar-refractivity contribution in [1.29, 1.82) is 0 Å². The minimum absolute atomic E-state index is 0.466. The van der Waals surface area contributed by atoms with Crippen molar-refractivity contribution >= 4 is 29.3 Å². The predicted molar refractivity (Wildman–Crippen MR) is 87.9 cm³/mol. The lowest BCUT2D eigenvalue weighted by molar-refractivity contribution is -0.131. The van der Waals surface area contributed by atoms with Crippen LogP contribution in [-0.4, -0.2) is 17.0 Å². The molecule has 5 heteroatoms. The van der Waals surface area contributed by atoms with Crippen molar-refractivity contribution in [3.8, 4) is 0 Å². The van der Waals surface area contributed by atoms with Gasteiger partial charge in [-0.05, 0) is 29.8 Å². The fraction of sp³-hybridized carbons (Fsp3) is 0.0588. The maximum Gasteiger partial charge on any atom is 0.328 e. The Labute approximate surface area is 132 Å². The van der Waals surface area contributed by atoms with Crippen LogP contribution in [0.1, 0.15) is 5.56 Å². The number of rotatable bonds is 6. The Morgan fingerprint density at radius 1 is 1.00 bits per heavy atom. The van der Waals surface area contributed by atoms with Crippen molar-refractivity contribution in [3.63, 3.8) is 0 Å². The standard InChI is InChI=1S/C17H15NO3S/c19-16(10-11-17(20)21)18-14-6-8-15(9-7-14)22-12-13-4-2-1-3-5-13/h1-11H,12H2,(H,18,19)(H,20,21)/b11-10+. The summed E-state index contributed by atoms with van der Waals surface area (Å²) in [6, 6.07) is 17.6. The van der Waals surface area contributed by atoms with Gasteiger partial charge in [0.15, 0.2) is 0 Å². The topological polar surface area (TPSA) is 66.4 Å². The van der Waals surface area contributed by atoms with Gasteiger partial charge in [0.2, 0.25) is 5.91 Å². The molecular weight excluding hydrogens is 298 g/mol. The molecule has 0 spiro atoms. The SMILES string of the molecule is O=C(O)/C=C/C(=O)Nc1ccc(SCc2ccccc2)cc1. The molecule has 22 heavy (non-hydrogen) atoms. The van der Waals surface area contributed by atoms with Crippen molar-refractivity contribution < 1.29 is 14.7 Å². The summed E-state index contributed by atoms with van der Waals surface area (Å²) in [7, 11) is 0. The number of carboxylic acid groups (broad SMARTS) is 1. The van der Waals surface area contributed by atoms with Crippen LogP contribution in [0.3, 0.4) is 0 Å². The molecule has 112 valence electrons. The molecule has 0 radical (unpaired) electrons. The van der Waals surface area contributed by atoms with Gasteiger partial charge >= 0.3 is 5.97 Å². The third-order valence-corrected chi connectivity index (χ3v) is 3.83. The fourth-order valence-corrected chi connectivity index (χ4v) is 2.56. The van der Waals surface area contributed by atoms with Gasteiger partial charge in [-0.3, -0.25) is 4.79 Å². The Morgan fingerprint density at radius 3 is 2.32 bits per heavy atom. The first-order chi connectivity index (χ1) is 10.6. The highest BCUT2D eigenvalue weighted by Crippen LogP contribution is 2.24. The number of aliphatic carboxylic acids is 1. The lowest BCUT2D eigenvalue weighted by atomic mass is 10.2. The van der Waals surface area contributed by atoms with Crippen LogP contribution in [0.5, 0.6) is 0 Å². The molecule has 0 aliphatic heterocycles. The summed E-state index contributed by atoms with van der Waals surface area (Å²) in [5.74, 6) is -0.733. The Balaban J connectivity index is 1.87. The largest absolute Gasteiger partial charge is 0.478 e. The Morgan fingerprint density at radius 2 is 1.68 bits per heavy atom. The molecule has 0 heterocycles. The molecule has 2 aromatic carbocycles. The lowest BCUT2D eigenvalue weighted by Gasteiger charge is -2.05. The van der Waals surface area contributed by atoms with E-state index in [2.05, 4.69) is 17.4 Å². The van der Waals surface area contributed by atoms with Crippen LogP contribution in [0.15, 0.2) is 71.6 Å². The summed E-state index contributed by atoms with van der Waals surface area (Å²) >= 11 is 1.71. The van der Waals surface area contributed by atoms with Crippen LogP contribution < -0.4 is 5.32 Å². The summed E-state index contributed by atoms with van der Waals surface area (Å²) in [5, 5.41) is 11.0. The van der Waals surface area contributed by atoms with Crippen LogP contribution in [0, 0.1) is 0 Å². The molecule has 0 atom stereocenters. The van der Waals surface area contributed by atoms with Crippen molar-refractivity contribution in [2.75, 3.05) is 5.32 Å². The number of hydrogen-bond donors (Lipinski definition) is 2. The van der Waals surface area contributed by atoms with Crippen LogP contribution in [0.2, 0.25) is 0 Å². The van der Waals surface area contributed by atoms with Crippen LogP contribution >= 0.6 is 11.8 Å². The van der Waals surface area contributed by atoms with Gasteiger partial charge in [0.25, 0.3) is 0 Å². The van der Waals surface area contributed by atoms with E-state index in [9.17, 15) is 9.59 Å². The molecule has 0 unspecified atom stereocenters. The molecule has 0 bridgehead atoms. The van der Waals surface area contributed by atoms with E-state index < -0.39 is 11.9 Å². The molecule has 0 aliphatic rings. The predicted octanol–water partition coefficient (Wildman–Crippen LogP) is 3.56. The number of carbonyl (C=O) groups is 2. The number of anilines is 1. The summed E-state index contributed by atoms with van der Waals surface area (Å²) in [5.41, 5.74) is 1.88. The van der Waals surface area contributed by atoms with Gasteiger partial charge in [-0.1, -0.05) is 30.3 Å². The fourth-order valence-electron chi connectivity index (χ4n) is 1.71. The highest BCUT2D eigenvalue weighted by molar-refractivity contribution is 7.98. The lowest BCUT2D eigenvalue weighted by Crippen LogP contribution is -2.08. The number of nitrogens with one attached hydrogen (secondary N) is 1. The first-order valence-electron chi connectivity index (χ1n) is 6.62. The zero-order valence-corrected chi connectivity index (χ0v) is 12.5.